The molecule has 2 aromatic carbocycles. The Morgan fingerprint density at radius 1 is 1.04 bits per heavy atom. The maximum absolute atomic E-state index is 13.2. The van der Waals surface area contributed by atoms with E-state index >= 15 is 0 Å². The van der Waals surface area contributed by atoms with Gasteiger partial charge in [-0.2, -0.15) is 0 Å². The van der Waals surface area contributed by atoms with Crippen LogP contribution in [-0.4, -0.2) is 55.2 Å². The van der Waals surface area contributed by atoms with Crippen LogP contribution in [0.3, 0.4) is 0 Å². The van der Waals surface area contributed by atoms with Gasteiger partial charge in [-0.3, -0.25) is 14.6 Å². The fourth-order valence-electron chi connectivity index (χ4n) is 3.37. The van der Waals surface area contributed by atoms with E-state index in [4.69, 9.17) is 21.1 Å². The maximum Gasteiger partial charge on any atom is 0.238 e. The van der Waals surface area contributed by atoms with Gasteiger partial charge in [0.1, 0.15) is 5.82 Å². The van der Waals surface area contributed by atoms with Gasteiger partial charge in [-0.25, -0.2) is 4.39 Å². The first-order valence-corrected chi connectivity index (χ1v) is 9.53. The van der Waals surface area contributed by atoms with Gasteiger partial charge in [0.2, 0.25) is 12.7 Å². The highest BCUT2D eigenvalue weighted by molar-refractivity contribution is 6.31. The fourth-order valence-corrected chi connectivity index (χ4v) is 3.60. The van der Waals surface area contributed by atoms with Crippen LogP contribution in [0, 0.1) is 5.82 Å². The molecule has 0 bridgehead atoms. The van der Waals surface area contributed by atoms with Crippen LogP contribution in [-0.2, 0) is 11.3 Å². The van der Waals surface area contributed by atoms with Gasteiger partial charge in [0, 0.05) is 49.5 Å². The molecule has 1 N–H and O–H groups in total. The highest BCUT2D eigenvalue weighted by Gasteiger charge is 2.20. The molecule has 1 amide bonds. The molecule has 0 saturated carbocycles. The number of carbonyl (C=O) groups is 1. The zero-order chi connectivity index (χ0) is 19.5. The number of piperazine rings is 1. The van der Waals surface area contributed by atoms with E-state index in [1.54, 1.807) is 24.3 Å². The summed E-state index contributed by atoms with van der Waals surface area (Å²) in [5.74, 6) is 0.946. The minimum Gasteiger partial charge on any atom is -0.454 e. The van der Waals surface area contributed by atoms with Crippen LogP contribution in [0.25, 0.3) is 0 Å². The molecule has 1 saturated heterocycles. The minimum atomic E-state index is -0.327. The van der Waals surface area contributed by atoms with E-state index in [0.29, 0.717) is 35.3 Å². The van der Waals surface area contributed by atoms with Gasteiger partial charge in [-0.1, -0.05) is 17.7 Å². The predicted octanol–water partition coefficient (Wildman–Crippen LogP) is 2.96. The lowest BCUT2D eigenvalue weighted by atomic mass is 10.2. The Hall–Kier alpha value is -2.35. The molecule has 6 nitrogen and oxygen atoms in total. The summed E-state index contributed by atoms with van der Waals surface area (Å²) < 4.78 is 23.8. The molecule has 0 radical (unpaired) electrons. The molecule has 2 aromatic rings. The number of benzene rings is 2. The molecular formula is C20H21ClFN3O3. The molecule has 28 heavy (non-hydrogen) atoms. The number of halogens is 2. The second-order valence-electron chi connectivity index (χ2n) is 6.90. The van der Waals surface area contributed by atoms with Crippen molar-refractivity contribution in [3.8, 4) is 11.5 Å². The summed E-state index contributed by atoms with van der Waals surface area (Å²) in [7, 11) is 0. The van der Waals surface area contributed by atoms with Crippen molar-refractivity contribution in [2.45, 2.75) is 6.54 Å². The van der Waals surface area contributed by atoms with Gasteiger partial charge in [0.25, 0.3) is 0 Å². The standard InChI is InChI=1S/C20H21ClFN3O3/c21-17-9-15(22)2-1-14(17)11-24-5-7-25(8-6-24)12-20(26)23-16-3-4-18-19(10-16)28-13-27-18/h1-4,9-10H,5-8,11-13H2,(H,23,26). The molecular weight excluding hydrogens is 385 g/mol. The van der Waals surface area contributed by atoms with Crippen molar-refractivity contribution in [3.05, 3.63) is 52.8 Å². The van der Waals surface area contributed by atoms with Gasteiger partial charge in [0.05, 0.1) is 6.54 Å². The molecule has 2 heterocycles. The normalized spacial score (nSPS) is 16.9. The van der Waals surface area contributed by atoms with Gasteiger partial charge in [-0.15, -0.1) is 0 Å². The molecule has 4 rings (SSSR count). The van der Waals surface area contributed by atoms with Gasteiger partial charge < -0.3 is 14.8 Å². The monoisotopic (exact) mass is 405 g/mol. The second-order valence-corrected chi connectivity index (χ2v) is 7.31. The Morgan fingerprint density at radius 2 is 1.79 bits per heavy atom. The lowest BCUT2D eigenvalue weighted by Crippen LogP contribution is -2.48. The number of amides is 1. The van der Waals surface area contributed by atoms with Gasteiger partial charge in [-0.05, 0) is 29.8 Å². The summed E-state index contributed by atoms with van der Waals surface area (Å²) in [4.78, 5) is 16.7. The second kappa shape index (κ2) is 8.34. The number of ether oxygens (including phenoxy) is 2. The molecule has 0 aliphatic carbocycles. The molecule has 2 aliphatic heterocycles. The molecule has 8 heteroatoms. The molecule has 1 fully saturated rings. The highest BCUT2D eigenvalue weighted by Crippen LogP contribution is 2.34. The smallest absolute Gasteiger partial charge is 0.238 e. The Balaban J connectivity index is 1.24. The largest absolute Gasteiger partial charge is 0.454 e. The zero-order valence-electron chi connectivity index (χ0n) is 15.3. The number of nitrogens with zero attached hydrogens (tertiary/aromatic N) is 2. The number of nitrogens with one attached hydrogen (secondary N) is 1. The zero-order valence-corrected chi connectivity index (χ0v) is 16.0. The van der Waals surface area contributed by atoms with Crippen molar-refractivity contribution in [1.82, 2.24) is 9.80 Å². The van der Waals surface area contributed by atoms with Crippen LogP contribution in [0.5, 0.6) is 11.5 Å². The van der Waals surface area contributed by atoms with Crippen molar-refractivity contribution in [3.63, 3.8) is 0 Å². The third-order valence-electron chi connectivity index (χ3n) is 4.90. The molecule has 0 atom stereocenters. The van der Waals surface area contributed by atoms with Crippen LogP contribution in [0.4, 0.5) is 10.1 Å². The van der Waals surface area contributed by atoms with Crippen molar-refractivity contribution in [2.75, 3.05) is 44.8 Å². The summed E-state index contributed by atoms with van der Waals surface area (Å²) in [6.45, 7) is 4.44. The molecule has 2 aliphatic rings. The third-order valence-corrected chi connectivity index (χ3v) is 5.25. The predicted molar refractivity (Wildman–Crippen MR) is 104 cm³/mol. The summed E-state index contributed by atoms with van der Waals surface area (Å²) in [6.07, 6.45) is 0. The molecule has 148 valence electrons. The van der Waals surface area contributed by atoms with E-state index in [9.17, 15) is 9.18 Å². The van der Waals surface area contributed by atoms with Gasteiger partial charge >= 0.3 is 0 Å². The lowest BCUT2D eigenvalue weighted by Gasteiger charge is -2.34. The van der Waals surface area contributed by atoms with E-state index in [-0.39, 0.29) is 18.5 Å². The topological polar surface area (TPSA) is 54.0 Å². The summed E-state index contributed by atoms with van der Waals surface area (Å²) in [6, 6.07) is 9.85. The van der Waals surface area contributed by atoms with E-state index in [0.717, 1.165) is 31.7 Å². The number of fused-ring (bicyclic) bond motifs is 1. The average molecular weight is 406 g/mol. The van der Waals surface area contributed by atoms with E-state index in [2.05, 4.69) is 15.1 Å². The van der Waals surface area contributed by atoms with E-state index in [1.165, 1.54) is 12.1 Å². The highest BCUT2D eigenvalue weighted by atomic mass is 35.5. The average Bonchev–Trinajstić information content (AvgIpc) is 3.13. The quantitative estimate of drug-likeness (QED) is 0.828. The number of anilines is 1. The number of hydrogen-bond donors (Lipinski definition) is 1. The van der Waals surface area contributed by atoms with Crippen molar-refractivity contribution in [2.24, 2.45) is 0 Å². The van der Waals surface area contributed by atoms with Crippen LogP contribution < -0.4 is 14.8 Å². The SMILES string of the molecule is O=C(CN1CCN(Cc2ccc(F)cc2Cl)CC1)Nc1ccc2c(c1)OCO2. The van der Waals surface area contributed by atoms with E-state index < -0.39 is 0 Å². The van der Waals surface area contributed by atoms with E-state index in [1.807, 2.05) is 0 Å². The van der Waals surface area contributed by atoms with Crippen LogP contribution >= 0.6 is 11.6 Å². The fraction of sp³-hybridized carbons (Fsp3) is 0.350. The lowest BCUT2D eigenvalue weighted by molar-refractivity contribution is -0.117. The summed E-state index contributed by atoms with van der Waals surface area (Å²) in [5.41, 5.74) is 1.61. The molecule has 0 spiro atoms. The van der Waals surface area contributed by atoms with Gasteiger partial charge in [0.15, 0.2) is 11.5 Å². The van der Waals surface area contributed by atoms with Crippen LogP contribution in [0.2, 0.25) is 5.02 Å². The first-order chi connectivity index (χ1) is 13.6. The van der Waals surface area contributed by atoms with Crippen molar-refractivity contribution in [1.29, 1.82) is 0 Å². The number of hydrogen-bond acceptors (Lipinski definition) is 5. The Labute approximate surface area is 167 Å². The Morgan fingerprint density at radius 3 is 2.57 bits per heavy atom. The number of carbonyl (C=O) groups excluding carboxylic acids is 1. The summed E-state index contributed by atoms with van der Waals surface area (Å²) >= 11 is 6.11. The molecule has 0 aromatic heterocycles. The first-order valence-electron chi connectivity index (χ1n) is 9.15. The van der Waals surface area contributed by atoms with Crippen molar-refractivity contribution >= 4 is 23.2 Å². The Bertz CT molecular complexity index is 872. The number of rotatable bonds is 5. The third kappa shape index (κ3) is 4.55. The van der Waals surface area contributed by atoms with Crippen molar-refractivity contribution < 1.29 is 18.7 Å². The summed E-state index contributed by atoms with van der Waals surface area (Å²) in [5, 5.41) is 3.35. The minimum absolute atomic E-state index is 0.0612. The van der Waals surface area contributed by atoms with Crippen LogP contribution in [0.1, 0.15) is 5.56 Å². The van der Waals surface area contributed by atoms with Crippen LogP contribution in [0.15, 0.2) is 36.4 Å². The Kier molecular flexibility index (Phi) is 5.66. The molecule has 0 unspecified atom stereocenters. The maximum atomic E-state index is 13.2. The first kappa shape index (κ1) is 19.0.